The summed E-state index contributed by atoms with van der Waals surface area (Å²) in [5.74, 6) is 0.193. The van der Waals surface area contributed by atoms with Gasteiger partial charge < -0.3 is 10.6 Å². The molecule has 0 rings (SSSR count). The zero-order valence-electron chi connectivity index (χ0n) is 28.2. The average molecular weight is 579 g/mol. The summed E-state index contributed by atoms with van der Waals surface area (Å²) in [6.07, 6.45) is 39.4. The molecule has 0 bridgehead atoms. The summed E-state index contributed by atoms with van der Waals surface area (Å²) >= 11 is 0. The van der Waals surface area contributed by atoms with Gasteiger partial charge in [-0.3, -0.25) is 9.59 Å². The highest BCUT2D eigenvalue weighted by Crippen LogP contribution is 2.14. The largest absolute Gasteiger partial charge is 0.356 e. The highest BCUT2D eigenvalue weighted by atomic mass is 16.2. The van der Waals surface area contributed by atoms with E-state index in [1.165, 1.54) is 167 Å². The molecule has 0 unspecified atom stereocenters. The van der Waals surface area contributed by atoms with Gasteiger partial charge in [0.1, 0.15) is 0 Å². The molecule has 0 aliphatic carbocycles. The Hall–Kier alpha value is -1.06. The molecule has 0 radical (unpaired) electrons. The summed E-state index contributed by atoms with van der Waals surface area (Å²) in [6.45, 7) is 6.12. The van der Waals surface area contributed by atoms with Crippen LogP contribution in [-0.2, 0) is 9.59 Å². The van der Waals surface area contributed by atoms with E-state index in [2.05, 4.69) is 24.5 Å². The van der Waals surface area contributed by atoms with Gasteiger partial charge in [0.15, 0.2) is 0 Å². The van der Waals surface area contributed by atoms with Crippen molar-refractivity contribution in [2.24, 2.45) is 0 Å². The van der Waals surface area contributed by atoms with Crippen molar-refractivity contribution in [1.82, 2.24) is 10.6 Å². The van der Waals surface area contributed by atoms with Crippen molar-refractivity contribution >= 4 is 11.8 Å². The molecule has 244 valence electrons. The number of hydrogen-bond acceptors (Lipinski definition) is 2. The third-order valence-corrected chi connectivity index (χ3v) is 8.51. The van der Waals surface area contributed by atoms with E-state index < -0.39 is 0 Å². The van der Waals surface area contributed by atoms with Crippen LogP contribution in [0.15, 0.2) is 0 Å². The highest BCUT2D eigenvalue weighted by Gasteiger charge is 2.05. The average Bonchev–Trinajstić information content (AvgIpc) is 2.97. The van der Waals surface area contributed by atoms with Gasteiger partial charge in [0.25, 0.3) is 0 Å². The first-order valence-electron chi connectivity index (χ1n) is 18.7. The van der Waals surface area contributed by atoms with Crippen molar-refractivity contribution in [1.29, 1.82) is 0 Å². The lowest BCUT2D eigenvalue weighted by Gasteiger charge is -2.07. The smallest absolute Gasteiger partial charge is 0.220 e. The molecular formula is C37H74N2O2. The molecule has 4 heteroatoms. The lowest BCUT2D eigenvalue weighted by Crippen LogP contribution is -2.26. The van der Waals surface area contributed by atoms with Gasteiger partial charge in [0, 0.05) is 25.9 Å². The SMILES string of the molecule is CCCCCCCCCCCCCCCCNC(=O)CCCC(=O)NCCCCCCCCCCCCCCCC. The van der Waals surface area contributed by atoms with Crippen molar-refractivity contribution in [2.45, 2.75) is 213 Å². The summed E-state index contributed by atoms with van der Waals surface area (Å²) < 4.78 is 0. The summed E-state index contributed by atoms with van der Waals surface area (Å²) in [6, 6.07) is 0. The van der Waals surface area contributed by atoms with E-state index >= 15 is 0 Å². The molecule has 0 aliphatic rings. The second-order valence-corrected chi connectivity index (χ2v) is 12.7. The molecule has 0 saturated heterocycles. The molecule has 0 aromatic carbocycles. The molecule has 0 aliphatic heterocycles. The molecule has 41 heavy (non-hydrogen) atoms. The van der Waals surface area contributed by atoms with Gasteiger partial charge in [-0.15, -0.1) is 0 Å². The molecule has 0 spiro atoms. The minimum atomic E-state index is 0.0967. The Bertz CT molecular complexity index is 491. The van der Waals surface area contributed by atoms with Crippen LogP contribution in [0.4, 0.5) is 0 Å². The normalized spacial score (nSPS) is 11.2. The zero-order chi connectivity index (χ0) is 29.9. The maximum absolute atomic E-state index is 12.0. The molecule has 0 saturated carbocycles. The van der Waals surface area contributed by atoms with Crippen molar-refractivity contribution in [3.63, 3.8) is 0 Å². The van der Waals surface area contributed by atoms with Crippen LogP contribution < -0.4 is 10.6 Å². The van der Waals surface area contributed by atoms with Crippen LogP contribution in [0.5, 0.6) is 0 Å². The quantitative estimate of drug-likeness (QED) is 0.0746. The van der Waals surface area contributed by atoms with E-state index in [-0.39, 0.29) is 11.8 Å². The fourth-order valence-corrected chi connectivity index (χ4v) is 5.68. The van der Waals surface area contributed by atoms with E-state index in [1.54, 1.807) is 0 Å². The van der Waals surface area contributed by atoms with Gasteiger partial charge in [-0.2, -0.15) is 0 Å². The number of carbonyl (C=O) groups excluding carboxylic acids is 2. The van der Waals surface area contributed by atoms with E-state index in [0.717, 1.165) is 25.9 Å². The van der Waals surface area contributed by atoms with Crippen LogP contribution in [0.25, 0.3) is 0 Å². The molecule has 0 aromatic rings. The van der Waals surface area contributed by atoms with Crippen LogP contribution in [0.1, 0.15) is 213 Å². The monoisotopic (exact) mass is 579 g/mol. The molecule has 2 N–H and O–H groups in total. The lowest BCUT2D eigenvalue weighted by atomic mass is 10.0. The second-order valence-electron chi connectivity index (χ2n) is 12.7. The molecular weight excluding hydrogens is 504 g/mol. The van der Waals surface area contributed by atoms with Crippen LogP contribution in [0, 0.1) is 0 Å². The molecule has 0 fully saturated rings. The Morgan fingerprint density at radius 1 is 0.317 bits per heavy atom. The predicted molar refractivity (Wildman–Crippen MR) is 180 cm³/mol. The van der Waals surface area contributed by atoms with Crippen molar-refractivity contribution in [2.75, 3.05) is 13.1 Å². The van der Waals surface area contributed by atoms with Crippen molar-refractivity contribution < 1.29 is 9.59 Å². The summed E-state index contributed by atoms with van der Waals surface area (Å²) in [5.41, 5.74) is 0. The minimum absolute atomic E-state index is 0.0967. The fourth-order valence-electron chi connectivity index (χ4n) is 5.68. The van der Waals surface area contributed by atoms with E-state index in [4.69, 9.17) is 0 Å². The van der Waals surface area contributed by atoms with Crippen LogP contribution in [0.2, 0.25) is 0 Å². The third kappa shape index (κ3) is 35.0. The number of hydrogen-bond donors (Lipinski definition) is 2. The van der Waals surface area contributed by atoms with Gasteiger partial charge in [-0.05, 0) is 19.3 Å². The lowest BCUT2D eigenvalue weighted by molar-refractivity contribution is -0.122. The van der Waals surface area contributed by atoms with Gasteiger partial charge in [-0.25, -0.2) is 0 Å². The Morgan fingerprint density at radius 3 is 0.780 bits per heavy atom. The van der Waals surface area contributed by atoms with Crippen LogP contribution in [-0.4, -0.2) is 24.9 Å². The second kappa shape index (κ2) is 35.1. The maximum atomic E-state index is 12.0. The van der Waals surface area contributed by atoms with Crippen LogP contribution >= 0.6 is 0 Å². The van der Waals surface area contributed by atoms with Gasteiger partial charge >= 0.3 is 0 Å². The summed E-state index contributed by atoms with van der Waals surface area (Å²) in [4.78, 5) is 24.0. The fraction of sp³-hybridized carbons (Fsp3) is 0.946. The van der Waals surface area contributed by atoms with Gasteiger partial charge in [0.05, 0.1) is 0 Å². The van der Waals surface area contributed by atoms with Crippen molar-refractivity contribution in [3.8, 4) is 0 Å². The van der Waals surface area contributed by atoms with Gasteiger partial charge in [0.2, 0.25) is 11.8 Å². The first-order valence-corrected chi connectivity index (χ1v) is 18.7. The number of amides is 2. The van der Waals surface area contributed by atoms with E-state index in [1.807, 2.05) is 0 Å². The zero-order valence-corrected chi connectivity index (χ0v) is 28.2. The maximum Gasteiger partial charge on any atom is 0.220 e. The Morgan fingerprint density at radius 2 is 0.537 bits per heavy atom. The van der Waals surface area contributed by atoms with Gasteiger partial charge in [-0.1, -0.05) is 181 Å². The number of carbonyl (C=O) groups is 2. The van der Waals surface area contributed by atoms with Crippen molar-refractivity contribution in [3.05, 3.63) is 0 Å². The van der Waals surface area contributed by atoms with E-state index in [0.29, 0.717) is 19.3 Å². The molecule has 4 nitrogen and oxygen atoms in total. The first-order chi connectivity index (χ1) is 20.2. The highest BCUT2D eigenvalue weighted by molar-refractivity contribution is 5.78. The number of rotatable bonds is 34. The van der Waals surface area contributed by atoms with E-state index in [9.17, 15) is 9.59 Å². The summed E-state index contributed by atoms with van der Waals surface area (Å²) in [5, 5.41) is 6.06. The number of unbranched alkanes of at least 4 members (excludes halogenated alkanes) is 26. The Kier molecular flexibility index (Phi) is 34.2. The molecule has 0 heterocycles. The third-order valence-electron chi connectivity index (χ3n) is 8.51. The Balaban J connectivity index is 3.26. The molecule has 2 amide bonds. The first kappa shape index (κ1) is 39.9. The molecule has 0 aromatic heterocycles. The number of nitrogens with one attached hydrogen (secondary N) is 2. The minimum Gasteiger partial charge on any atom is -0.356 e. The van der Waals surface area contributed by atoms with Crippen LogP contribution in [0.3, 0.4) is 0 Å². The standard InChI is InChI=1S/C37H74N2O2/c1-3-5-7-9-11-13-15-17-19-21-23-25-27-29-34-38-36(40)32-31-33-37(41)39-35-30-28-26-24-22-20-18-16-14-12-10-8-6-4-2/h3-35H2,1-2H3,(H,38,40)(H,39,41). The topological polar surface area (TPSA) is 58.2 Å². The summed E-state index contributed by atoms with van der Waals surface area (Å²) in [7, 11) is 0. The predicted octanol–water partition coefficient (Wildman–Crippen LogP) is 11.4. The molecule has 0 atom stereocenters. The Labute approximate surface area is 257 Å².